The van der Waals surface area contributed by atoms with Gasteiger partial charge in [0.25, 0.3) is 0 Å². The molecular weight excluding hydrogens is 1000 g/mol. The lowest BCUT2D eigenvalue weighted by Crippen LogP contribution is -2.51. The number of carbonyl (C=O) groups excluding carboxylic acids is 1. The molecule has 0 unspecified atom stereocenters. The molecule has 0 aromatic carbocycles. The van der Waals surface area contributed by atoms with Crippen molar-refractivity contribution >= 4 is 5.78 Å². The highest BCUT2D eigenvalue weighted by Crippen LogP contribution is 2.59. The molecule has 6 aliphatic carbocycles. The van der Waals surface area contributed by atoms with Crippen LogP contribution in [0.4, 0.5) is 0 Å². The molecule has 0 saturated heterocycles. The van der Waals surface area contributed by atoms with Gasteiger partial charge >= 0.3 is 0 Å². The molecule has 7 N–H and O–H groups in total. The number of aryl methyl sites for hydroxylation is 3. The number of nitrogens with two attached hydrogens (primary N) is 2. The Balaban J connectivity index is 0.000000238. The van der Waals surface area contributed by atoms with Crippen LogP contribution in [-0.4, -0.2) is 57.6 Å². The fourth-order valence-electron chi connectivity index (χ4n) is 14.0. The Bertz CT molecular complexity index is 2990. The van der Waals surface area contributed by atoms with E-state index in [-0.39, 0.29) is 66.8 Å². The van der Waals surface area contributed by atoms with Crippen molar-refractivity contribution in [2.45, 2.75) is 249 Å². The van der Waals surface area contributed by atoms with Crippen LogP contribution in [0.2, 0.25) is 0 Å². The average molecular weight is 1110 g/mol. The van der Waals surface area contributed by atoms with Gasteiger partial charge in [0.2, 0.25) is 11.4 Å². The van der Waals surface area contributed by atoms with Gasteiger partial charge in [-0.2, -0.15) is 15.3 Å². The van der Waals surface area contributed by atoms with Crippen molar-refractivity contribution in [1.82, 2.24) is 40.0 Å². The number of hydrogen-bond donors (Lipinski definition) is 5. The Morgan fingerprint density at radius 1 is 0.650 bits per heavy atom. The van der Waals surface area contributed by atoms with Gasteiger partial charge in [0.05, 0.1) is 53.0 Å². The zero-order valence-corrected chi connectivity index (χ0v) is 53.7. The van der Waals surface area contributed by atoms with Crippen LogP contribution in [0, 0.1) is 47.1 Å². The molecule has 6 atom stereocenters. The maximum absolute atomic E-state index is 12.6. The van der Waals surface area contributed by atoms with Gasteiger partial charge in [0.15, 0.2) is 5.78 Å². The van der Waals surface area contributed by atoms with Crippen LogP contribution in [0.5, 0.6) is 0 Å². The molecule has 0 fully saturated rings. The first-order valence-corrected chi connectivity index (χ1v) is 28.4. The number of aliphatic hydroxyl groups is 1. The van der Waals surface area contributed by atoms with E-state index in [1.807, 2.05) is 30.8 Å². The maximum Gasteiger partial charge on any atom is 0.226 e. The second-order valence-corrected chi connectivity index (χ2v) is 30.0. The fraction of sp³-hybridized carbons (Fsp3) is 0.703. The standard InChI is InChI=1S/2C19H27N3O.C19H25N3O.C5H12.CH5NO.CH4.H4N2/c1-17(2,3)22-11-12-7-8-14-18(4,5)16-13(10-20-23-16)9-19(14,6)15(12)21-22;2*1-17(2,3)22-11-12-8-9-14-18(4,5)16(23)13(20-7)10-19(14,6)15(12)21-22;1-5(2,3)4;1-2-3;;1-2/h10-11,14H,7-9H2,1-6H3;11,14,23H,8-10H2,1-6H3;10-11,14H,8-9H2,1-6H3;1-4H3;2-3H,1H3;1H4;1-2H2/t3*14-,19-;;;;/m000..../s1/i;;;;;1T;. The quantitative estimate of drug-likeness (QED) is 0.0635. The number of hydrogen-bond acceptors (Lipinski definition) is 11. The molecule has 444 valence electrons. The van der Waals surface area contributed by atoms with Crippen molar-refractivity contribution in [3.05, 3.63) is 116 Å². The third-order valence-electron chi connectivity index (χ3n) is 17.7. The van der Waals surface area contributed by atoms with Gasteiger partial charge in [0, 0.05) is 65.1 Å². The Labute approximate surface area is 483 Å². The number of carbonyl (C=O) groups is 1. The molecule has 6 aliphatic rings. The number of Topliss-reactive ketones (excluding diaryl/α,β-unsaturated/α-hetero) is 1. The van der Waals surface area contributed by atoms with Crippen LogP contribution < -0.4 is 17.2 Å². The minimum absolute atomic E-state index is 0.00202. The molecule has 16 nitrogen and oxygen atoms in total. The van der Waals surface area contributed by atoms with Crippen molar-refractivity contribution in [2.75, 3.05) is 7.05 Å². The van der Waals surface area contributed by atoms with Gasteiger partial charge in [-0.15, -0.1) is 0 Å². The minimum atomic E-state index is -0.521. The minimum Gasteiger partial charge on any atom is -0.523 e. The Hall–Kier alpha value is -5.39. The van der Waals surface area contributed by atoms with Gasteiger partial charge in [-0.05, 0) is 154 Å². The SMILES string of the molecule is CC(C)(C)C.CC1(C)c2oncc2C[C@]2(C)c3nn(C(C)(C)C)cc3CC[C@@H]12.CNO.NN.[3H]C.[C-]#[N+]C1=C(O)C(C)(C)[C@@H]2CCc3cn(C(C)(C)C)nc3[C@@]2(C)C1.[C-]#[N+]C1=C[C@]2(C)c3nn(C(C)(C)C)cc3CC[C@H]2C(C)(C)C1=O. The number of nitrogens with one attached hydrogen (secondary N) is 1. The number of rotatable bonds is 0. The Morgan fingerprint density at radius 3 is 1.43 bits per heavy atom. The summed E-state index contributed by atoms with van der Waals surface area (Å²) >= 11 is 0. The van der Waals surface area contributed by atoms with E-state index in [1.165, 1.54) is 48.8 Å². The van der Waals surface area contributed by atoms with Crippen molar-refractivity contribution in [2.24, 2.45) is 45.7 Å². The lowest BCUT2D eigenvalue weighted by atomic mass is 9.52. The van der Waals surface area contributed by atoms with E-state index < -0.39 is 5.41 Å². The van der Waals surface area contributed by atoms with Crippen LogP contribution in [0.15, 0.2) is 52.5 Å². The first-order chi connectivity index (χ1) is 37.1. The van der Waals surface area contributed by atoms with Crippen LogP contribution in [0.1, 0.15) is 232 Å². The van der Waals surface area contributed by atoms with E-state index in [0.29, 0.717) is 29.4 Å². The summed E-state index contributed by atoms with van der Waals surface area (Å²) in [4.78, 5) is 19.8. The maximum atomic E-state index is 12.6. The van der Waals surface area contributed by atoms with Gasteiger partial charge in [-0.25, -0.2) is 15.2 Å². The number of nitrogens with zero attached hydrogens (tertiary/aromatic N) is 9. The summed E-state index contributed by atoms with van der Waals surface area (Å²) in [6, 6.07) is 0. The highest BCUT2D eigenvalue weighted by atomic mass is 16.5. The summed E-state index contributed by atoms with van der Waals surface area (Å²) < 4.78 is 17.6. The molecule has 4 aromatic heterocycles. The smallest absolute Gasteiger partial charge is 0.226 e. The Morgan fingerprint density at radius 2 is 1.02 bits per heavy atom. The summed E-state index contributed by atoms with van der Waals surface area (Å²) in [6.45, 7) is 62.7. The number of ketones is 1. The van der Waals surface area contributed by atoms with Crippen LogP contribution in [0.25, 0.3) is 9.69 Å². The van der Waals surface area contributed by atoms with E-state index in [9.17, 15) is 9.90 Å². The van der Waals surface area contributed by atoms with Gasteiger partial charge < -0.3 is 19.6 Å². The molecule has 10 rings (SSSR count). The molecular formula is C64H104N12O4. The van der Waals surface area contributed by atoms with Crippen molar-refractivity contribution in [3.63, 3.8) is 0 Å². The normalized spacial score (nSPS) is 26.4. The lowest BCUT2D eigenvalue weighted by molar-refractivity contribution is -0.128. The first kappa shape index (κ1) is 65.4. The summed E-state index contributed by atoms with van der Waals surface area (Å²) in [7, 11) is 2.68. The number of aliphatic hydroxyl groups excluding tert-OH is 1. The zero-order valence-electron chi connectivity index (χ0n) is 54.7. The number of fused-ring (bicyclic) bond motifs is 10. The average Bonchev–Trinajstić information content (AvgIpc) is 3.40. The van der Waals surface area contributed by atoms with Crippen molar-refractivity contribution < 1.29 is 21.0 Å². The molecule has 0 radical (unpaired) electrons. The fourth-order valence-corrected chi connectivity index (χ4v) is 14.0. The summed E-state index contributed by atoms with van der Waals surface area (Å²) in [6.07, 6.45) is 18.2. The highest BCUT2D eigenvalue weighted by Gasteiger charge is 2.58. The number of aromatic nitrogens is 7. The molecule has 0 amide bonds. The van der Waals surface area contributed by atoms with Crippen LogP contribution >= 0.6 is 0 Å². The summed E-state index contributed by atoms with van der Waals surface area (Å²) in [5.74, 6) is 10.4. The largest absolute Gasteiger partial charge is 0.523 e. The topological polar surface area (TPSA) is 210 Å². The molecule has 80 heavy (non-hydrogen) atoms. The van der Waals surface area contributed by atoms with E-state index in [4.69, 9.17) is 39.5 Å². The van der Waals surface area contributed by atoms with Gasteiger partial charge in [0.1, 0.15) is 11.5 Å². The van der Waals surface area contributed by atoms with E-state index in [2.05, 4.69) is 193 Å². The molecule has 0 saturated carbocycles. The van der Waals surface area contributed by atoms with Crippen LogP contribution in [-0.2, 0) is 68.8 Å². The molecule has 0 aliphatic heterocycles. The third kappa shape index (κ3) is 12.5. The molecule has 0 bridgehead atoms. The number of allylic oxidation sites excluding steroid dienone is 4. The third-order valence-corrected chi connectivity index (χ3v) is 17.7. The Kier molecular flexibility index (Phi) is 18.9. The molecule has 16 heteroatoms. The van der Waals surface area contributed by atoms with Crippen molar-refractivity contribution in [3.8, 4) is 0 Å². The predicted octanol–water partition coefficient (Wildman–Crippen LogP) is 13.5. The second-order valence-electron chi connectivity index (χ2n) is 30.0. The summed E-state index contributed by atoms with van der Waals surface area (Å²) in [5.41, 5.74) is 10.3. The highest BCUT2D eigenvalue weighted by molar-refractivity contribution is 6.02. The number of hydrazine groups is 1. The monoisotopic (exact) mass is 1110 g/mol. The molecule has 0 spiro atoms. The zero-order chi connectivity index (χ0) is 62.2. The lowest BCUT2D eigenvalue weighted by Gasteiger charge is -2.51. The van der Waals surface area contributed by atoms with Gasteiger partial charge in [-0.1, -0.05) is 109 Å². The van der Waals surface area contributed by atoms with E-state index in [1.54, 1.807) is 5.48 Å². The van der Waals surface area contributed by atoms with Gasteiger partial charge in [-0.3, -0.25) is 25.7 Å². The second kappa shape index (κ2) is 23.1. The first-order valence-electron chi connectivity index (χ1n) is 29.4. The number of hydroxylamine groups is 1. The van der Waals surface area contributed by atoms with E-state index in [0.717, 1.165) is 55.7 Å². The molecule has 4 aromatic rings. The van der Waals surface area contributed by atoms with Crippen molar-refractivity contribution in [1.29, 1.82) is 0 Å². The van der Waals surface area contributed by atoms with E-state index >= 15 is 0 Å². The predicted molar refractivity (Wildman–Crippen MR) is 322 cm³/mol. The summed E-state index contributed by atoms with van der Waals surface area (Å²) in [5, 5.41) is 36.9. The molecule has 4 heterocycles. The van der Waals surface area contributed by atoms with Crippen LogP contribution in [0.3, 0.4) is 0 Å².